The Morgan fingerprint density at radius 1 is 0.731 bits per heavy atom. The van der Waals surface area contributed by atoms with Gasteiger partial charge >= 0.3 is 11.9 Å². The van der Waals surface area contributed by atoms with Crippen molar-refractivity contribution in [3.8, 4) is 0 Å². The molecule has 9 nitrogen and oxygen atoms in total. The van der Waals surface area contributed by atoms with Crippen LogP contribution in [0, 0.1) is 55.4 Å². The third-order valence-electron chi connectivity index (χ3n) is 7.20. The van der Waals surface area contributed by atoms with Gasteiger partial charge in [-0.15, -0.1) is 11.3 Å². The van der Waals surface area contributed by atoms with Crippen LogP contribution in [0.3, 0.4) is 0 Å². The lowest BCUT2D eigenvalue weighted by molar-refractivity contribution is 0.0592. The number of hydrogen-bond acceptors (Lipinski definition) is 8. The number of ether oxygens (including phenoxy) is 2. The van der Waals surface area contributed by atoms with Gasteiger partial charge in [-0.3, -0.25) is 4.18 Å². The van der Waals surface area contributed by atoms with Crippen molar-refractivity contribution in [1.29, 1.82) is 0 Å². The normalized spacial score (nSPS) is 9.48. The van der Waals surface area contributed by atoms with Crippen molar-refractivity contribution in [3.05, 3.63) is 116 Å². The number of rotatable bonds is 3. The smallest absolute Gasteiger partial charge is 0.348 e. The number of hydrogen-bond donors (Lipinski definition) is 0. The Bertz CT molecular complexity index is 1770. The molecule has 0 saturated heterocycles. The summed E-state index contributed by atoms with van der Waals surface area (Å²) >= 11 is 0.335. The lowest BCUT2D eigenvalue weighted by Crippen LogP contribution is -2.04. The Morgan fingerprint density at radius 2 is 1.29 bits per heavy atom. The molecule has 1 atom stereocenters. The average molecular weight is 764 g/mol. The second kappa shape index (κ2) is 28.5. The van der Waals surface area contributed by atoms with Crippen LogP contribution in [0.4, 0.5) is 0 Å². The lowest BCUT2D eigenvalue weighted by atomic mass is 10.1. The van der Waals surface area contributed by atoms with E-state index in [0.29, 0.717) is 10.4 Å². The fraction of sp³-hybridized carbons (Fsp3) is 0.439. The molecule has 4 aromatic heterocycles. The standard InChI is InChI=1S/C9H10N2.C9H13NO2.C9H12.C7H8O2S.C2H6O2S.5CH4/c1-7-8(2)11-6-4-3-5-9(11)10-7;1-6-5-10(3)7(2)8(6)9(11)12-4;1-7-4-5-8(2)9(3)6-7;1-5-3-4-10-6(5)7(8)9-2;1-4-5(2)3;;;;;/h3-6H,1-2H3;5H,1-4H3;4-6H,1-3H3;3-4H,1-2H3;1-2H3;5*1H4. The van der Waals surface area contributed by atoms with Crippen LogP contribution in [0.5, 0.6) is 0 Å². The molecule has 52 heavy (non-hydrogen) atoms. The van der Waals surface area contributed by atoms with Crippen LogP contribution in [-0.4, -0.2) is 57.7 Å². The average Bonchev–Trinajstić information content (AvgIpc) is 3.69. The Hall–Kier alpha value is -4.06. The first-order chi connectivity index (χ1) is 22.1. The van der Waals surface area contributed by atoms with Crippen LogP contribution in [0.15, 0.2) is 60.2 Å². The van der Waals surface area contributed by atoms with E-state index in [4.69, 9.17) is 0 Å². The number of carbonyl (C=O) groups excluding carboxylic acids is 2. The largest absolute Gasteiger partial charge is 0.465 e. The topological polar surface area (TPSA) is 101 Å². The van der Waals surface area contributed by atoms with Crippen molar-refractivity contribution in [2.75, 3.05) is 27.6 Å². The summed E-state index contributed by atoms with van der Waals surface area (Å²) in [6.07, 6.45) is 5.42. The van der Waals surface area contributed by atoms with Crippen molar-refractivity contribution in [2.45, 2.75) is 92.5 Å². The Kier molecular flexibility index (Phi) is 31.4. The minimum atomic E-state index is -1.07. The third-order valence-corrected chi connectivity index (χ3v) is 8.66. The van der Waals surface area contributed by atoms with Crippen molar-refractivity contribution >= 4 is 40.0 Å². The first kappa shape index (κ1) is 57.3. The lowest BCUT2D eigenvalue weighted by Gasteiger charge is -2.00. The fourth-order valence-electron chi connectivity index (χ4n) is 4.13. The Labute approximate surface area is 323 Å². The third kappa shape index (κ3) is 17.9. The number of aromatic nitrogens is 3. The summed E-state index contributed by atoms with van der Waals surface area (Å²) in [6, 6.07) is 14.4. The molecular weight excluding hydrogens is 695 g/mol. The molecule has 0 aliphatic carbocycles. The van der Waals surface area contributed by atoms with E-state index in [2.05, 4.69) is 68.9 Å². The number of carbonyl (C=O) groups is 2. The van der Waals surface area contributed by atoms with Crippen LogP contribution in [0.1, 0.15) is 102 Å². The van der Waals surface area contributed by atoms with Crippen LogP contribution in [0.25, 0.3) is 5.65 Å². The van der Waals surface area contributed by atoms with E-state index in [1.165, 1.54) is 61.3 Å². The van der Waals surface area contributed by atoms with Gasteiger partial charge in [-0.05, 0) is 101 Å². The number of esters is 2. The summed E-state index contributed by atoms with van der Waals surface area (Å²) in [6.45, 7) is 16.2. The predicted octanol–water partition coefficient (Wildman–Crippen LogP) is 10.9. The summed E-state index contributed by atoms with van der Waals surface area (Å²) in [5.41, 5.74) is 11.0. The second-order valence-corrected chi connectivity index (χ2v) is 12.7. The molecule has 296 valence electrons. The van der Waals surface area contributed by atoms with Gasteiger partial charge in [0.1, 0.15) is 10.5 Å². The van der Waals surface area contributed by atoms with Gasteiger partial charge < -0.3 is 18.4 Å². The molecule has 1 unspecified atom stereocenters. The first-order valence-electron chi connectivity index (χ1n) is 14.7. The van der Waals surface area contributed by atoms with Crippen molar-refractivity contribution in [1.82, 2.24) is 14.0 Å². The molecule has 0 radical (unpaired) electrons. The zero-order valence-corrected chi connectivity index (χ0v) is 31.5. The maximum Gasteiger partial charge on any atom is 0.348 e. The summed E-state index contributed by atoms with van der Waals surface area (Å²) < 4.78 is 27.1. The van der Waals surface area contributed by atoms with E-state index < -0.39 is 11.1 Å². The van der Waals surface area contributed by atoms with Gasteiger partial charge in [0.25, 0.3) is 0 Å². The molecular formula is C41H69N3O6S2. The van der Waals surface area contributed by atoms with Crippen LogP contribution < -0.4 is 0 Å². The van der Waals surface area contributed by atoms with Crippen molar-refractivity contribution < 1.29 is 27.5 Å². The summed E-state index contributed by atoms with van der Waals surface area (Å²) in [5, 5.41) is 1.88. The number of fused-ring (bicyclic) bond motifs is 1. The molecule has 5 aromatic rings. The highest BCUT2D eigenvalue weighted by Crippen LogP contribution is 2.16. The van der Waals surface area contributed by atoms with Crippen LogP contribution in [-0.2, 0) is 31.8 Å². The van der Waals surface area contributed by atoms with Gasteiger partial charge in [0, 0.05) is 37.1 Å². The van der Waals surface area contributed by atoms with Gasteiger partial charge in [0.15, 0.2) is 11.1 Å². The molecule has 0 fully saturated rings. The quantitative estimate of drug-likeness (QED) is 0.169. The number of methoxy groups -OCH3 is 2. The van der Waals surface area contributed by atoms with Gasteiger partial charge in [0.2, 0.25) is 0 Å². The molecule has 0 spiro atoms. The van der Waals surface area contributed by atoms with E-state index in [1.807, 2.05) is 81.3 Å². The Morgan fingerprint density at radius 3 is 1.67 bits per heavy atom. The number of nitrogens with zero attached hydrogens (tertiary/aromatic N) is 3. The molecule has 5 rings (SSSR count). The SMILES string of the molecule is C.C.C.C.C.COC(=O)c1c(C)cn(C)c1C.COC(=O)c1sccc1C.COS(C)=O.Cc1ccc(C)c(C)c1.Cc1nc2ccccn2c1C. The van der Waals surface area contributed by atoms with E-state index >= 15 is 0 Å². The first-order valence-corrected chi connectivity index (χ1v) is 17.1. The molecule has 0 bridgehead atoms. The predicted molar refractivity (Wildman–Crippen MR) is 227 cm³/mol. The summed E-state index contributed by atoms with van der Waals surface area (Å²) in [5.74, 6) is -0.502. The molecule has 0 saturated carbocycles. The molecule has 0 aliphatic heterocycles. The van der Waals surface area contributed by atoms with Gasteiger partial charge in [-0.2, -0.15) is 0 Å². The zero-order chi connectivity index (χ0) is 35.8. The minimum absolute atomic E-state index is 0. The fourth-order valence-corrected chi connectivity index (χ4v) is 4.97. The van der Waals surface area contributed by atoms with E-state index in [9.17, 15) is 13.8 Å². The highest BCUT2D eigenvalue weighted by Gasteiger charge is 2.15. The number of pyridine rings is 1. The molecule has 0 aliphatic rings. The van der Waals surface area contributed by atoms with Gasteiger partial charge in [-0.25, -0.2) is 18.8 Å². The van der Waals surface area contributed by atoms with E-state index in [-0.39, 0.29) is 49.1 Å². The number of benzene rings is 1. The summed E-state index contributed by atoms with van der Waals surface area (Å²) in [7, 11) is 6.10. The minimum Gasteiger partial charge on any atom is -0.465 e. The van der Waals surface area contributed by atoms with Gasteiger partial charge in [-0.1, -0.05) is 67.0 Å². The van der Waals surface area contributed by atoms with E-state index in [0.717, 1.165) is 28.2 Å². The van der Waals surface area contributed by atoms with Crippen LogP contribution >= 0.6 is 11.3 Å². The monoisotopic (exact) mass is 763 g/mol. The van der Waals surface area contributed by atoms with Gasteiger partial charge in [0.05, 0.1) is 32.6 Å². The molecule has 4 heterocycles. The maximum absolute atomic E-state index is 11.2. The second-order valence-electron chi connectivity index (χ2n) is 10.7. The maximum atomic E-state index is 11.2. The molecule has 1 aromatic carbocycles. The number of imidazole rings is 1. The highest BCUT2D eigenvalue weighted by atomic mass is 32.2. The van der Waals surface area contributed by atoms with Crippen molar-refractivity contribution in [2.24, 2.45) is 7.05 Å². The number of thiophene rings is 1. The Balaban J connectivity index is -0.000000176. The number of aryl methyl sites for hydroxylation is 8. The molecule has 0 N–H and O–H groups in total. The van der Waals surface area contributed by atoms with Crippen molar-refractivity contribution in [3.63, 3.8) is 0 Å². The van der Waals surface area contributed by atoms with E-state index in [1.54, 1.807) is 0 Å². The zero-order valence-electron chi connectivity index (χ0n) is 29.9. The molecule has 0 amide bonds. The van der Waals surface area contributed by atoms with Crippen LogP contribution in [0.2, 0.25) is 0 Å². The highest BCUT2D eigenvalue weighted by molar-refractivity contribution is 7.79. The molecule has 11 heteroatoms. The summed E-state index contributed by atoms with van der Waals surface area (Å²) in [4.78, 5) is 27.2.